The predicted octanol–water partition coefficient (Wildman–Crippen LogP) is 1.94. The van der Waals surface area contributed by atoms with Crippen LogP contribution in [-0.4, -0.2) is 27.9 Å². The van der Waals surface area contributed by atoms with Gasteiger partial charge in [0.25, 0.3) is 0 Å². The molecule has 7 nitrogen and oxygen atoms in total. The highest BCUT2D eigenvalue weighted by molar-refractivity contribution is 7.80. The maximum absolute atomic E-state index is 10.7. The highest BCUT2D eigenvalue weighted by Gasteiger charge is 2.17. The lowest BCUT2D eigenvalue weighted by Crippen LogP contribution is -2.31. The Morgan fingerprint density at radius 2 is 2.35 bits per heavy atom. The van der Waals surface area contributed by atoms with Crippen LogP contribution < -0.4 is 10.7 Å². The summed E-state index contributed by atoms with van der Waals surface area (Å²) in [6.07, 6.45) is 2.79. The molecule has 9 heteroatoms. The highest BCUT2D eigenvalue weighted by Crippen LogP contribution is 2.32. The summed E-state index contributed by atoms with van der Waals surface area (Å²) < 4.78 is 0. The van der Waals surface area contributed by atoms with Crippen molar-refractivity contribution in [3.8, 4) is 5.75 Å². The maximum Gasteiger partial charge on any atom is 0.312 e. The molecule has 0 unspecified atom stereocenters. The van der Waals surface area contributed by atoms with Gasteiger partial charge in [-0.25, -0.2) is 0 Å². The number of benzene rings is 1. The quantitative estimate of drug-likeness (QED) is 0.252. The number of phenols is 1. The fourth-order valence-electron chi connectivity index (χ4n) is 1.21. The van der Waals surface area contributed by atoms with Gasteiger partial charge in [0.1, 0.15) is 0 Å². The Bertz CT molecular complexity index is 577. The second-order valence-electron chi connectivity index (χ2n) is 3.49. The molecular formula is C11H11ClN4O3S. The lowest BCUT2D eigenvalue weighted by molar-refractivity contribution is -0.385. The Labute approximate surface area is 125 Å². The average molecular weight is 315 g/mol. The molecule has 0 aromatic heterocycles. The first-order valence-corrected chi connectivity index (χ1v) is 6.09. The van der Waals surface area contributed by atoms with Crippen molar-refractivity contribution in [3.63, 3.8) is 0 Å². The van der Waals surface area contributed by atoms with E-state index in [-0.39, 0.29) is 15.7 Å². The molecule has 0 radical (unpaired) electrons. The number of hydrazone groups is 1. The summed E-state index contributed by atoms with van der Waals surface area (Å²) in [6, 6.07) is 2.40. The Balaban J connectivity index is 2.84. The summed E-state index contributed by atoms with van der Waals surface area (Å²) in [6.45, 7) is 3.98. The van der Waals surface area contributed by atoms with Crippen molar-refractivity contribution in [2.24, 2.45) is 5.10 Å². The molecule has 3 N–H and O–H groups in total. The maximum atomic E-state index is 10.7. The summed E-state index contributed by atoms with van der Waals surface area (Å²) in [5, 5.41) is 27.3. The summed E-state index contributed by atoms with van der Waals surface area (Å²) in [7, 11) is 0. The standard InChI is InChI=1S/C11H11ClN4O3S/c1-2-3-13-11(20)15-14-6-7-4-8(12)5-9(10(7)17)16(18)19/h2,4-6,17H,1,3H2,(H2,13,15,20)/b14-6+. The SMILES string of the molecule is C=CCNC(=S)N/N=C/c1cc(Cl)cc([N+](=O)[O-])c1O. The fourth-order valence-corrected chi connectivity index (χ4v) is 1.56. The molecule has 20 heavy (non-hydrogen) atoms. The minimum Gasteiger partial charge on any atom is -0.502 e. The molecule has 1 rings (SSSR count). The number of nitrogens with zero attached hydrogens (tertiary/aromatic N) is 2. The third kappa shape index (κ3) is 4.48. The van der Waals surface area contributed by atoms with Gasteiger partial charge in [0.2, 0.25) is 5.75 Å². The van der Waals surface area contributed by atoms with Crippen LogP contribution in [0.3, 0.4) is 0 Å². The number of hydrogen-bond donors (Lipinski definition) is 3. The van der Waals surface area contributed by atoms with Gasteiger partial charge in [0, 0.05) is 23.2 Å². The number of halogens is 1. The van der Waals surface area contributed by atoms with Gasteiger partial charge in [-0.05, 0) is 18.3 Å². The number of phenolic OH excluding ortho intramolecular Hbond substituents is 1. The van der Waals surface area contributed by atoms with E-state index in [0.717, 1.165) is 6.07 Å². The van der Waals surface area contributed by atoms with E-state index >= 15 is 0 Å². The fraction of sp³-hybridized carbons (Fsp3) is 0.0909. The normalized spacial score (nSPS) is 10.2. The molecule has 0 saturated heterocycles. The van der Waals surface area contributed by atoms with Crippen molar-refractivity contribution in [2.45, 2.75) is 0 Å². The highest BCUT2D eigenvalue weighted by atomic mass is 35.5. The van der Waals surface area contributed by atoms with Crippen molar-refractivity contribution in [3.05, 3.63) is 45.5 Å². The number of thiocarbonyl (C=S) groups is 1. The number of nitro groups is 1. The number of nitro benzene ring substituents is 1. The third-order valence-corrected chi connectivity index (χ3v) is 2.51. The van der Waals surface area contributed by atoms with Crippen LogP contribution in [0.1, 0.15) is 5.56 Å². The monoisotopic (exact) mass is 314 g/mol. The van der Waals surface area contributed by atoms with Gasteiger partial charge < -0.3 is 10.4 Å². The van der Waals surface area contributed by atoms with Crippen LogP contribution in [0.15, 0.2) is 29.9 Å². The van der Waals surface area contributed by atoms with Gasteiger partial charge in [0.05, 0.1) is 11.1 Å². The van der Waals surface area contributed by atoms with Gasteiger partial charge in [-0.15, -0.1) is 6.58 Å². The molecule has 0 fully saturated rings. The Morgan fingerprint density at radius 3 is 2.95 bits per heavy atom. The first kappa shape index (κ1) is 15.9. The van der Waals surface area contributed by atoms with Crippen molar-refractivity contribution < 1.29 is 10.0 Å². The van der Waals surface area contributed by atoms with Gasteiger partial charge in [-0.3, -0.25) is 15.5 Å². The molecule has 0 amide bonds. The summed E-state index contributed by atoms with van der Waals surface area (Å²) in [5.74, 6) is -0.519. The largest absolute Gasteiger partial charge is 0.502 e. The topological polar surface area (TPSA) is 99.8 Å². The van der Waals surface area contributed by atoms with E-state index in [1.54, 1.807) is 6.08 Å². The van der Waals surface area contributed by atoms with Crippen LogP contribution in [0, 0.1) is 10.1 Å². The average Bonchev–Trinajstić information content (AvgIpc) is 2.39. The zero-order valence-electron chi connectivity index (χ0n) is 10.2. The molecule has 0 aliphatic heterocycles. The number of rotatable bonds is 5. The predicted molar refractivity (Wildman–Crippen MR) is 81.3 cm³/mol. The van der Waals surface area contributed by atoms with E-state index in [0.29, 0.717) is 6.54 Å². The molecule has 1 aromatic carbocycles. The van der Waals surface area contributed by atoms with E-state index in [4.69, 9.17) is 23.8 Å². The van der Waals surface area contributed by atoms with Gasteiger partial charge in [-0.2, -0.15) is 5.10 Å². The second kappa shape index (κ2) is 7.41. The van der Waals surface area contributed by atoms with E-state index < -0.39 is 16.4 Å². The Morgan fingerprint density at radius 1 is 1.65 bits per heavy atom. The molecule has 0 aliphatic carbocycles. The smallest absolute Gasteiger partial charge is 0.312 e. The molecular weight excluding hydrogens is 304 g/mol. The minimum absolute atomic E-state index is 0.100. The van der Waals surface area contributed by atoms with Gasteiger partial charge >= 0.3 is 5.69 Å². The molecule has 0 saturated carbocycles. The Kier molecular flexibility index (Phi) is 5.88. The summed E-state index contributed by atoms with van der Waals surface area (Å²) >= 11 is 10.6. The van der Waals surface area contributed by atoms with E-state index in [9.17, 15) is 15.2 Å². The molecule has 1 aromatic rings. The number of hydrogen-bond acceptors (Lipinski definition) is 5. The van der Waals surface area contributed by atoms with E-state index in [1.165, 1.54) is 12.3 Å². The van der Waals surface area contributed by atoms with Crippen molar-refractivity contribution in [1.29, 1.82) is 0 Å². The van der Waals surface area contributed by atoms with Crippen LogP contribution in [-0.2, 0) is 0 Å². The summed E-state index contributed by atoms with van der Waals surface area (Å²) in [4.78, 5) is 9.98. The zero-order valence-corrected chi connectivity index (χ0v) is 11.7. The molecule has 106 valence electrons. The van der Waals surface area contributed by atoms with Crippen LogP contribution in [0.4, 0.5) is 5.69 Å². The van der Waals surface area contributed by atoms with Crippen LogP contribution in [0.5, 0.6) is 5.75 Å². The van der Waals surface area contributed by atoms with Crippen LogP contribution >= 0.6 is 23.8 Å². The molecule has 0 heterocycles. The minimum atomic E-state index is -0.734. The van der Waals surface area contributed by atoms with Crippen molar-refractivity contribution in [2.75, 3.05) is 6.54 Å². The van der Waals surface area contributed by atoms with Gasteiger partial charge in [-0.1, -0.05) is 17.7 Å². The second-order valence-corrected chi connectivity index (χ2v) is 4.33. The molecule has 0 atom stereocenters. The van der Waals surface area contributed by atoms with Gasteiger partial charge in [0.15, 0.2) is 5.11 Å². The number of aromatic hydroxyl groups is 1. The van der Waals surface area contributed by atoms with Crippen LogP contribution in [0.2, 0.25) is 5.02 Å². The molecule has 0 spiro atoms. The van der Waals surface area contributed by atoms with Crippen molar-refractivity contribution in [1.82, 2.24) is 10.7 Å². The Hall–Kier alpha value is -2.19. The lowest BCUT2D eigenvalue weighted by atomic mass is 10.2. The molecule has 0 aliphatic rings. The first-order valence-electron chi connectivity index (χ1n) is 5.30. The van der Waals surface area contributed by atoms with Crippen molar-refractivity contribution >= 4 is 40.8 Å². The zero-order chi connectivity index (χ0) is 15.1. The van der Waals surface area contributed by atoms with E-state index in [2.05, 4.69) is 22.4 Å². The molecule has 0 bridgehead atoms. The lowest BCUT2D eigenvalue weighted by Gasteiger charge is -2.04. The summed E-state index contributed by atoms with van der Waals surface area (Å²) in [5.41, 5.74) is 2.09. The first-order chi connectivity index (χ1) is 9.45. The van der Waals surface area contributed by atoms with E-state index in [1.807, 2.05) is 0 Å². The third-order valence-electron chi connectivity index (χ3n) is 2.06. The van der Waals surface area contributed by atoms with Crippen LogP contribution in [0.25, 0.3) is 0 Å². The number of nitrogens with one attached hydrogen (secondary N) is 2.